The maximum atomic E-state index is 12.0. The van der Waals surface area contributed by atoms with Crippen LogP contribution in [-0.4, -0.2) is 49.6 Å². The average Bonchev–Trinajstić information content (AvgIpc) is 3.05. The van der Waals surface area contributed by atoms with Gasteiger partial charge in [-0.15, -0.1) is 0 Å². The summed E-state index contributed by atoms with van der Waals surface area (Å²) < 4.78 is 7.46. The lowest BCUT2D eigenvalue weighted by Crippen LogP contribution is -2.27. The molecule has 0 aromatic carbocycles. The Labute approximate surface area is 140 Å². The van der Waals surface area contributed by atoms with Crippen LogP contribution in [0.1, 0.15) is 54.7 Å². The van der Waals surface area contributed by atoms with E-state index in [0.717, 1.165) is 51.7 Å². The largest absolute Gasteiger partial charge is 0.346 e. The van der Waals surface area contributed by atoms with Gasteiger partial charge in [0, 0.05) is 31.5 Å². The lowest BCUT2D eigenvalue weighted by atomic mass is 10.2. The van der Waals surface area contributed by atoms with Crippen molar-refractivity contribution in [1.29, 1.82) is 0 Å². The fourth-order valence-corrected chi connectivity index (χ4v) is 3.19. The molecule has 128 valence electrons. The molecule has 2 aromatic heterocycles. The zero-order valence-electron chi connectivity index (χ0n) is 13.6. The number of imidazole rings is 1. The summed E-state index contributed by atoms with van der Waals surface area (Å²) in [6, 6.07) is 0.424. The number of aryl methyl sites for hydroxylation is 1. The first kappa shape index (κ1) is 15.3. The lowest BCUT2D eigenvalue weighted by molar-refractivity contribution is 0.0937. The molecule has 8 nitrogen and oxygen atoms in total. The van der Waals surface area contributed by atoms with Crippen molar-refractivity contribution < 1.29 is 9.32 Å². The molecule has 0 radical (unpaired) electrons. The Balaban J connectivity index is 1.33. The lowest BCUT2D eigenvalue weighted by Gasteiger charge is -2.21. The van der Waals surface area contributed by atoms with E-state index in [1.807, 2.05) is 12.5 Å². The van der Waals surface area contributed by atoms with E-state index in [2.05, 4.69) is 29.9 Å². The van der Waals surface area contributed by atoms with Crippen molar-refractivity contribution >= 4 is 5.91 Å². The SMILES string of the molecule is O=C(NC1CC1)c1noc([C@@H]2CCCN2CCCn2ccnc2)n1. The van der Waals surface area contributed by atoms with E-state index in [1.54, 1.807) is 6.20 Å². The minimum Gasteiger partial charge on any atom is -0.346 e. The molecule has 2 fully saturated rings. The molecule has 2 aliphatic rings. The van der Waals surface area contributed by atoms with Gasteiger partial charge in [0.2, 0.25) is 5.89 Å². The summed E-state index contributed by atoms with van der Waals surface area (Å²) in [7, 11) is 0. The third-order valence-electron chi connectivity index (χ3n) is 4.63. The molecular formula is C16H22N6O2. The molecule has 1 aliphatic heterocycles. The molecule has 8 heteroatoms. The topological polar surface area (TPSA) is 89.1 Å². The monoisotopic (exact) mass is 330 g/mol. The first-order valence-electron chi connectivity index (χ1n) is 8.64. The molecule has 1 aliphatic carbocycles. The standard InChI is InChI=1S/C16H22N6O2/c23-15(18-12-4-5-12)14-19-16(24-20-14)13-3-1-8-22(13)9-2-7-21-10-6-17-11-21/h6,10-13H,1-5,7-9H2,(H,18,23)/t13-/m0/s1. The summed E-state index contributed by atoms with van der Waals surface area (Å²) >= 11 is 0. The van der Waals surface area contributed by atoms with E-state index in [4.69, 9.17) is 4.52 Å². The van der Waals surface area contributed by atoms with Gasteiger partial charge < -0.3 is 14.4 Å². The van der Waals surface area contributed by atoms with Gasteiger partial charge in [-0.1, -0.05) is 5.16 Å². The van der Waals surface area contributed by atoms with Crippen molar-refractivity contribution in [2.45, 2.75) is 50.7 Å². The number of amides is 1. The van der Waals surface area contributed by atoms with Crippen LogP contribution in [0.5, 0.6) is 0 Å². The third-order valence-corrected chi connectivity index (χ3v) is 4.63. The Morgan fingerprint density at radius 2 is 2.25 bits per heavy atom. The number of nitrogens with zero attached hydrogens (tertiary/aromatic N) is 5. The van der Waals surface area contributed by atoms with Gasteiger partial charge in [-0.25, -0.2) is 4.98 Å². The quantitative estimate of drug-likeness (QED) is 0.825. The van der Waals surface area contributed by atoms with Crippen LogP contribution in [0.2, 0.25) is 0 Å². The van der Waals surface area contributed by atoms with E-state index in [-0.39, 0.29) is 17.8 Å². The van der Waals surface area contributed by atoms with E-state index >= 15 is 0 Å². The molecule has 24 heavy (non-hydrogen) atoms. The Morgan fingerprint density at radius 3 is 3.04 bits per heavy atom. The second kappa shape index (κ2) is 6.72. The fourth-order valence-electron chi connectivity index (χ4n) is 3.19. The molecule has 1 N–H and O–H groups in total. The Morgan fingerprint density at radius 1 is 1.33 bits per heavy atom. The highest BCUT2D eigenvalue weighted by molar-refractivity contribution is 5.90. The highest BCUT2D eigenvalue weighted by Gasteiger charge is 2.32. The zero-order chi connectivity index (χ0) is 16.4. The Kier molecular flexibility index (Phi) is 4.29. The van der Waals surface area contributed by atoms with Crippen molar-refractivity contribution in [2.24, 2.45) is 0 Å². The van der Waals surface area contributed by atoms with Gasteiger partial charge in [-0.2, -0.15) is 4.98 Å². The van der Waals surface area contributed by atoms with Crippen LogP contribution in [0, 0.1) is 0 Å². The first-order chi connectivity index (χ1) is 11.8. The van der Waals surface area contributed by atoms with Crippen molar-refractivity contribution in [3.05, 3.63) is 30.4 Å². The summed E-state index contributed by atoms with van der Waals surface area (Å²) in [5.74, 6) is 0.496. The molecule has 3 heterocycles. The molecule has 1 saturated carbocycles. The number of carbonyl (C=O) groups excluding carboxylic acids is 1. The third kappa shape index (κ3) is 3.48. The van der Waals surface area contributed by atoms with Gasteiger partial charge in [-0.3, -0.25) is 9.69 Å². The molecule has 1 atom stereocenters. The van der Waals surface area contributed by atoms with Crippen molar-refractivity contribution in [2.75, 3.05) is 13.1 Å². The van der Waals surface area contributed by atoms with Crippen LogP contribution >= 0.6 is 0 Å². The molecule has 2 aromatic rings. The average molecular weight is 330 g/mol. The maximum Gasteiger partial charge on any atom is 0.292 e. The van der Waals surface area contributed by atoms with Gasteiger partial charge in [0.25, 0.3) is 11.7 Å². The van der Waals surface area contributed by atoms with E-state index < -0.39 is 0 Å². The highest BCUT2D eigenvalue weighted by Crippen LogP contribution is 2.31. The number of carbonyl (C=O) groups is 1. The fraction of sp³-hybridized carbons (Fsp3) is 0.625. The van der Waals surface area contributed by atoms with Crippen molar-refractivity contribution in [1.82, 2.24) is 29.9 Å². The number of aromatic nitrogens is 4. The van der Waals surface area contributed by atoms with Crippen LogP contribution in [-0.2, 0) is 6.54 Å². The molecule has 0 spiro atoms. The van der Waals surface area contributed by atoms with Crippen LogP contribution in [0.3, 0.4) is 0 Å². The van der Waals surface area contributed by atoms with Crippen molar-refractivity contribution in [3.63, 3.8) is 0 Å². The van der Waals surface area contributed by atoms with Gasteiger partial charge in [0.05, 0.1) is 12.4 Å². The molecule has 4 rings (SSSR count). The van der Waals surface area contributed by atoms with E-state index in [9.17, 15) is 4.79 Å². The minimum absolute atomic E-state index is 0.128. The zero-order valence-corrected chi connectivity index (χ0v) is 13.6. The number of nitrogens with one attached hydrogen (secondary N) is 1. The number of hydrogen-bond donors (Lipinski definition) is 1. The highest BCUT2D eigenvalue weighted by atomic mass is 16.5. The normalized spacial score (nSPS) is 21.2. The molecule has 1 saturated heterocycles. The summed E-state index contributed by atoms with van der Waals surface area (Å²) in [5.41, 5.74) is 0. The Hall–Kier alpha value is -2.22. The first-order valence-corrected chi connectivity index (χ1v) is 8.64. The van der Waals surface area contributed by atoms with E-state index in [1.165, 1.54) is 0 Å². The van der Waals surface area contributed by atoms with Crippen LogP contribution in [0.15, 0.2) is 23.2 Å². The second-order valence-electron chi connectivity index (χ2n) is 6.55. The van der Waals surface area contributed by atoms with Gasteiger partial charge in [-0.05, 0) is 38.6 Å². The number of hydrogen-bond acceptors (Lipinski definition) is 6. The van der Waals surface area contributed by atoms with Gasteiger partial charge in [0.15, 0.2) is 0 Å². The smallest absolute Gasteiger partial charge is 0.292 e. The molecule has 0 unspecified atom stereocenters. The minimum atomic E-state index is -0.225. The predicted octanol–water partition coefficient (Wildman–Crippen LogP) is 1.39. The molecule has 1 amide bonds. The summed E-state index contributed by atoms with van der Waals surface area (Å²) in [6.07, 6.45) is 10.8. The van der Waals surface area contributed by atoms with Crippen LogP contribution < -0.4 is 5.32 Å². The Bertz CT molecular complexity index is 679. The summed E-state index contributed by atoms with van der Waals surface area (Å²) in [6.45, 7) is 2.94. The number of rotatable bonds is 7. The molecular weight excluding hydrogens is 308 g/mol. The summed E-state index contributed by atoms with van der Waals surface area (Å²) in [5, 5.41) is 6.75. The van der Waals surface area contributed by atoms with Crippen LogP contribution in [0.4, 0.5) is 0 Å². The second-order valence-corrected chi connectivity index (χ2v) is 6.55. The van der Waals surface area contributed by atoms with Gasteiger partial charge >= 0.3 is 0 Å². The predicted molar refractivity (Wildman–Crippen MR) is 85.2 cm³/mol. The summed E-state index contributed by atoms with van der Waals surface area (Å²) in [4.78, 5) is 22.7. The van der Waals surface area contributed by atoms with Crippen LogP contribution in [0.25, 0.3) is 0 Å². The van der Waals surface area contributed by atoms with E-state index in [0.29, 0.717) is 11.9 Å². The van der Waals surface area contributed by atoms with Crippen molar-refractivity contribution in [3.8, 4) is 0 Å². The molecule has 0 bridgehead atoms. The maximum absolute atomic E-state index is 12.0. The number of likely N-dealkylation sites (tertiary alicyclic amines) is 1. The van der Waals surface area contributed by atoms with Gasteiger partial charge in [0.1, 0.15) is 0 Å².